The Hall–Kier alpha value is -2.55. The second-order valence-electron chi connectivity index (χ2n) is 6.74. The lowest BCUT2D eigenvalue weighted by Gasteiger charge is -2.23. The molecule has 1 aromatic carbocycles. The molecule has 0 aromatic heterocycles. The van der Waals surface area contributed by atoms with Gasteiger partial charge >= 0.3 is 5.97 Å². The fourth-order valence-electron chi connectivity index (χ4n) is 2.94. The predicted octanol–water partition coefficient (Wildman–Crippen LogP) is 2.21. The second kappa shape index (κ2) is 9.07. The van der Waals surface area contributed by atoms with Gasteiger partial charge < -0.3 is 10.1 Å². The molecule has 2 atom stereocenters. The van der Waals surface area contributed by atoms with Gasteiger partial charge in [0, 0.05) is 6.54 Å². The number of benzene rings is 1. The molecule has 0 bridgehead atoms. The van der Waals surface area contributed by atoms with Crippen molar-refractivity contribution in [2.45, 2.75) is 51.8 Å². The van der Waals surface area contributed by atoms with E-state index in [0.717, 1.165) is 12.0 Å². The van der Waals surface area contributed by atoms with E-state index in [1.807, 2.05) is 50.4 Å². The molecular formula is C19H25N3O3. The van der Waals surface area contributed by atoms with E-state index in [9.17, 15) is 9.59 Å². The van der Waals surface area contributed by atoms with Crippen LogP contribution in [-0.4, -0.2) is 35.4 Å². The fraction of sp³-hybridized carbons (Fsp3) is 0.526. The number of nitrogens with zero attached hydrogens (tertiary/aromatic N) is 2. The Bertz CT molecular complexity index is 625. The molecule has 1 aliphatic rings. The Morgan fingerprint density at radius 2 is 2.08 bits per heavy atom. The minimum absolute atomic E-state index is 0.178. The predicted molar refractivity (Wildman–Crippen MR) is 93.0 cm³/mol. The average Bonchev–Trinajstić information content (AvgIpc) is 3.08. The molecule has 0 saturated carbocycles. The summed E-state index contributed by atoms with van der Waals surface area (Å²) in [5, 5.41) is 11.9. The number of carbonyl (C=O) groups is 2. The van der Waals surface area contributed by atoms with Crippen LogP contribution in [0.2, 0.25) is 0 Å². The SMILES string of the molecule is CC(C)CC(NC(=O)[C@H]1CCCN1C#N)C(=O)OCc1ccccc1. The lowest BCUT2D eigenvalue weighted by atomic mass is 10.0. The molecule has 1 N–H and O–H groups in total. The third-order valence-corrected chi connectivity index (χ3v) is 4.22. The van der Waals surface area contributed by atoms with Crippen LogP contribution in [0.5, 0.6) is 0 Å². The number of hydrogen-bond donors (Lipinski definition) is 1. The molecule has 0 aliphatic carbocycles. The molecule has 2 rings (SSSR count). The van der Waals surface area contributed by atoms with Crippen molar-refractivity contribution in [2.24, 2.45) is 5.92 Å². The summed E-state index contributed by atoms with van der Waals surface area (Å²) in [7, 11) is 0. The van der Waals surface area contributed by atoms with Crippen LogP contribution < -0.4 is 5.32 Å². The molecule has 6 heteroatoms. The van der Waals surface area contributed by atoms with E-state index in [2.05, 4.69) is 5.32 Å². The van der Waals surface area contributed by atoms with Gasteiger partial charge in [-0.05, 0) is 30.7 Å². The highest BCUT2D eigenvalue weighted by atomic mass is 16.5. The summed E-state index contributed by atoms with van der Waals surface area (Å²) in [6.07, 6.45) is 3.98. The first-order chi connectivity index (χ1) is 12.0. The van der Waals surface area contributed by atoms with Crippen LogP contribution in [0.25, 0.3) is 0 Å². The van der Waals surface area contributed by atoms with Gasteiger partial charge in [-0.2, -0.15) is 5.26 Å². The highest BCUT2D eigenvalue weighted by Crippen LogP contribution is 2.17. The van der Waals surface area contributed by atoms with Gasteiger partial charge in [-0.25, -0.2) is 4.79 Å². The van der Waals surface area contributed by atoms with E-state index in [-0.39, 0.29) is 18.4 Å². The Balaban J connectivity index is 1.96. The summed E-state index contributed by atoms with van der Waals surface area (Å²) in [5.41, 5.74) is 0.900. The van der Waals surface area contributed by atoms with Gasteiger partial charge in [0.05, 0.1) is 0 Å². The van der Waals surface area contributed by atoms with Crippen LogP contribution in [0.15, 0.2) is 30.3 Å². The number of hydrogen-bond acceptors (Lipinski definition) is 5. The summed E-state index contributed by atoms with van der Waals surface area (Å²) in [4.78, 5) is 26.4. The van der Waals surface area contributed by atoms with Gasteiger partial charge in [0.2, 0.25) is 5.91 Å². The van der Waals surface area contributed by atoms with Crippen molar-refractivity contribution in [3.8, 4) is 6.19 Å². The number of rotatable bonds is 7. The van der Waals surface area contributed by atoms with Crippen LogP contribution in [0.4, 0.5) is 0 Å². The first-order valence-electron chi connectivity index (χ1n) is 8.68. The van der Waals surface area contributed by atoms with Crippen molar-refractivity contribution < 1.29 is 14.3 Å². The van der Waals surface area contributed by atoms with Crippen LogP contribution >= 0.6 is 0 Å². The van der Waals surface area contributed by atoms with E-state index in [4.69, 9.17) is 10.00 Å². The third-order valence-electron chi connectivity index (χ3n) is 4.22. The van der Waals surface area contributed by atoms with Crippen LogP contribution in [0.1, 0.15) is 38.7 Å². The van der Waals surface area contributed by atoms with Crippen molar-refractivity contribution in [1.29, 1.82) is 5.26 Å². The standard InChI is InChI=1S/C19H25N3O3/c1-14(2)11-16(19(24)25-12-15-7-4-3-5-8-15)21-18(23)17-9-6-10-22(17)13-20/h3-5,7-8,14,16-17H,6,9-12H2,1-2H3,(H,21,23)/t16?,17-/m1/s1. The lowest BCUT2D eigenvalue weighted by Crippen LogP contribution is -2.49. The maximum Gasteiger partial charge on any atom is 0.328 e. The molecular weight excluding hydrogens is 318 g/mol. The van der Waals surface area contributed by atoms with Crippen molar-refractivity contribution in [3.05, 3.63) is 35.9 Å². The molecule has 1 heterocycles. The van der Waals surface area contributed by atoms with Crippen LogP contribution in [0, 0.1) is 17.4 Å². The minimum Gasteiger partial charge on any atom is -0.459 e. The molecule has 0 radical (unpaired) electrons. The Morgan fingerprint density at radius 3 is 2.72 bits per heavy atom. The van der Waals surface area contributed by atoms with Gasteiger partial charge in [-0.1, -0.05) is 44.2 Å². The molecule has 1 fully saturated rings. The number of nitrogens with one attached hydrogen (secondary N) is 1. The normalized spacial score (nSPS) is 17.8. The smallest absolute Gasteiger partial charge is 0.328 e. The number of likely N-dealkylation sites (tertiary alicyclic amines) is 1. The number of carbonyl (C=O) groups excluding carboxylic acids is 2. The number of nitriles is 1. The van der Waals surface area contributed by atoms with Gasteiger partial charge in [-0.15, -0.1) is 0 Å². The number of ether oxygens (including phenoxy) is 1. The zero-order valence-corrected chi connectivity index (χ0v) is 14.8. The average molecular weight is 343 g/mol. The lowest BCUT2D eigenvalue weighted by molar-refractivity contribution is -0.150. The maximum atomic E-state index is 12.5. The summed E-state index contributed by atoms with van der Waals surface area (Å²) < 4.78 is 5.38. The maximum absolute atomic E-state index is 12.5. The summed E-state index contributed by atoms with van der Waals surface area (Å²) in [6.45, 7) is 4.74. The van der Waals surface area contributed by atoms with Gasteiger partial charge in [0.1, 0.15) is 18.7 Å². The molecule has 6 nitrogen and oxygen atoms in total. The molecule has 134 valence electrons. The number of amides is 1. The first kappa shape index (κ1) is 18.8. The zero-order chi connectivity index (χ0) is 18.2. The first-order valence-corrected chi connectivity index (χ1v) is 8.68. The highest BCUT2D eigenvalue weighted by Gasteiger charge is 2.33. The second-order valence-corrected chi connectivity index (χ2v) is 6.74. The largest absolute Gasteiger partial charge is 0.459 e. The van der Waals surface area contributed by atoms with Crippen molar-refractivity contribution in [2.75, 3.05) is 6.54 Å². The van der Waals surface area contributed by atoms with Crippen molar-refractivity contribution in [3.63, 3.8) is 0 Å². The van der Waals surface area contributed by atoms with Gasteiger partial charge in [0.15, 0.2) is 6.19 Å². The molecule has 1 aromatic rings. The van der Waals surface area contributed by atoms with Crippen molar-refractivity contribution >= 4 is 11.9 Å². The summed E-state index contributed by atoms with van der Waals surface area (Å²) in [5.74, 6) is -0.487. The van der Waals surface area contributed by atoms with E-state index >= 15 is 0 Å². The van der Waals surface area contributed by atoms with Crippen molar-refractivity contribution in [1.82, 2.24) is 10.2 Å². The Morgan fingerprint density at radius 1 is 1.36 bits per heavy atom. The van der Waals surface area contributed by atoms with E-state index in [0.29, 0.717) is 19.4 Å². The third kappa shape index (κ3) is 5.49. The zero-order valence-electron chi connectivity index (χ0n) is 14.8. The Kier molecular flexibility index (Phi) is 6.81. The Labute approximate surface area is 148 Å². The van der Waals surface area contributed by atoms with E-state index in [1.165, 1.54) is 4.90 Å². The highest BCUT2D eigenvalue weighted by molar-refractivity contribution is 5.87. The van der Waals surface area contributed by atoms with Crippen LogP contribution in [-0.2, 0) is 20.9 Å². The molecule has 0 spiro atoms. The summed E-state index contributed by atoms with van der Waals surface area (Å²) >= 11 is 0. The molecule has 25 heavy (non-hydrogen) atoms. The van der Waals surface area contributed by atoms with Gasteiger partial charge in [0.25, 0.3) is 0 Å². The van der Waals surface area contributed by atoms with E-state index < -0.39 is 18.1 Å². The number of esters is 1. The fourth-order valence-corrected chi connectivity index (χ4v) is 2.94. The molecule has 1 amide bonds. The van der Waals surface area contributed by atoms with E-state index in [1.54, 1.807) is 0 Å². The monoisotopic (exact) mass is 343 g/mol. The van der Waals surface area contributed by atoms with Crippen LogP contribution in [0.3, 0.4) is 0 Å². The topological polar surface area (TPSA) is 82.4 Å². The summed E-state index contributed by atoms with van der Waals surface area (Å²) in [6, 6.07) is 8.24. The molecule has 1 unspecified atom stereocenters. The molecule has 1 saturated heterocycles. The minimum atomic E-state index is -0.697. The van der Waals surface area contributed by atoms with Gasteiger partial charge in [-0.3, -0.25) is 9.69 Å². The quantitative estimate of drug-likeness (QED) is 0.606. The molecule has 1 aliphatic heterocycles.